The fourth-order valence-corrected chi connectivity index (χ4v) is 2.34. The van der Waals surface area contributed by atoms with Crippen LogP contribution in [0.4, 0.5) is 5.69 Å². The molecule has 13 heavy (non-hydrogen) atoms. The predicted octanol–water partition coefficient (Wildman–Crippen LogP) is 2.96. The van der Waals surface area contributed by atoms with Gasteiger partial charge in [-0.3, -0.25) is 0 Å². The van der Waals surface area contributed by atoms with Crippen molar-refractivity contribution in [2.75, 3.05) is 11.9 Å². The lowest BCUT2D eigenvalue weighted by Crippen LogP contribution is -2.21. The topological polar surface area (TPSA) is 12.0 Å². The summed E-state index contributed by atoms with van der Waals surface area (Å²) in [5.74, 6) is 0. The number of fused-ring (bicyclic) bond motifs is 2. The summed E-state index contributed by atoms with van der Waals surface area (Å²) in [6.45, 7) is 1.16. The van der Waals surface area contributed by atoms with Crippen molar-refractivity contribution in [3.05, 3.63) is 29.8 Å². The molecule has 0 aromatic heterocycles. The summed E-state index contributed by atoms with van der Waals surface area (Å²) < 4.78 is 0. The number of hydrogen-bond acceptors (Lipinski definition) is 1. The van der Waals surface area contributed by atoms with E-state index < -0.39 is 0 Å². The van der Waals surface area contributed by atoms with E-state index in [0.29, 0.717) is 5.41 Å². The van der Waals surface area contributed by atoms with E-state index in [2.05, 4.69) is 29.6 Å². The van der Waals surface area contributed by atoms with Gasteiger partial charge in [0.15, 0.2) is 0 Å². The van der Waals surface area contributed by atoms with E-state index in [1.807, 2.05) is 0 Å². The maximum atomic E-state index is 3.46. The van der Waals surface area contributed by atoms with E-state index in [4.69, 9.17) is 0 Å². The first-order chi connectivity index (χ1) is 5.91. The smallest absolute Gasteiger partial charge is 0.0378 e. The minimum Gasteiger partial charge on any atom is -0.385 e. The van der Waals surface area contributed by atoms with Crippen molar-refractivity contribution in [3.63, 3.8) is 0 Å². The second-order valence-electron chi connectivity index (χ2n) is 4.00. The summed E-state index contributed by atoms with van der Waals surface area (Å²) in [4.78, 5) is 0. The Kier molecular flexibility index (Phi) is 1.99. The molecule has 0 radical (unpaired) electrons. The van der Waals surface area contributed by atoms with Crippen molar-refractivity contribution in [3.8, 4) is 0 Å². The molecular weight excluding hydrogens is 182 g/mol. The summed E-state index contributed by atoms with van der Waals surface area (Å²) in [6.07, 6.45) is 4.15. The van der Waals surface area contributed by atoms with Crippen LogP contribution in [-0.4, -0.2) is 6.54 Å². The summed E-state index contributed by atoms with van der Waals surface area (Å²) in [7, 11) is 0. The normalized spacial score (nSPS) is 21.2. The zero-order valence-corrected chi connectivity index (χ0v) is 8.36. The number of benzene rings is 1. The van der Waals surface area contributed by atoms with Gasteiger partial charge in [-0.2, -0.15) is 0 Å². The lowest BCUT2D eigenvalue weighted by atomic mass is 9.88. The molecule has 0 atom stereocenters. The largest absolute Gasteiger partial charge is 0.385 e. The molecule has 2 aliphatic rings. The summed E-state index contributed by atoms with van der Waals surface area (Å²) in [5.41, 5.74) is 3.54. The average molecular weight is 196 g/mol. The van der Waals surface area contributed by atoms with Crippen molar-refractivity contribution in [1.29, 1.82) is 0 Å². The van der Waals surface area contributed by atoms with E-state index in [0.717, 1.165) is 6.54 Å². The first kappa shape index (κ1) is 8.89. The van der Waals surface area contributed by atoms with Crippen LogP contribution in [0.2, 0.25) is 0 Å². The Morgan fingerprint density at radius 1 is 1.08 bits per heavy atom. The van der Waals surface area contributed by atoms with Gasteiger partial charge in [0.2, 0.25) is 0 Å². The molecule has 3 rings (SSSR count). The van der Waals surface area contributed by atoms with Gasteiger partial charge < -0.3 is 5.32 Å². The molecule has 1 aliphatic heterocycles. The van der Waals surface area contributed by atoms with Crippen molar-refractivity contribution in [2.24, 2.45) is 0 Å². The molecule has 1 nitrogen and oxygen atoms in total. The highest BCUT2D eigenvalue weighted by atomic mass is 35.5. The molecule has 1 spiro atoms. The number of anilines is 1. The summed E-state index contributed by atoms with van der Waals surface area (Å²) in [5, 5.41) is 3.46. The quantitative estimate of drug-likeness (QED) is 0.671. The third-order valence-corrected chi connectivity index (χ3v) is 3.27. The van der Waals surface area contributed by atoms with Crippen LogP contribution in [0.3, 0.4) is 0 Å². The number of halogens is 1. The van der Waals surface area contributed by atoms with Crippen LogP contribution in [-0.2, 0) is 5.41 Å². The van der Waals surface area contributed by atoms with Crippen LogP contribution >= 0.6 is 12.4 Å². The van der Waals surface area contributed by atoms with Gasteiger partial charge in [0.1, 0.15) is 0 Å². The van der Waals surface area contributed by atoms with Crippen molar-refractivity contribution >= 4 is 18.1 Å². The molecule has 0 unspecified atom stereocenters. The van der Waals surface area contributed by atoms with Gasteiger partial charge in [0.05, 0.1) is 0 Å². The molecule has 1 N–H and O–H groups in total. The molecule has 0 saturated heterocycles. The molecule has 0 bridgehead atoms. The van der Waals surface area contributed by atoms with Gasteiger partial charge in [0, 0.05) is 12.2 Å². The fraction of sp³-hybridized carbons (Fsp3) is 0.455. The number of nitrogens with one attached hydrogen (secondary N) is 1. The van der Waals surface area contributed by atoms with Crippen molar-refractivity contribution in [1.82, 2.24) is 0 Å². The van der Waals surface area contributed by atoms with E-state index >= 15 is 0 Å². The highest BCUT2D eigenvalue weighted by Crippen LogP contribution is 2.54. The monoisotopic (exact) mass is 195 g/mol. The number of hydrogen-bond donors (Lipinski definition) is 1. The Bertz CT molecular complexity index is 318. The Balaban J connectivity index is 0.000000653. The van der Waals surface area contributed by atoms with Crippen LogP contribution in [0.1, 0.15) is 24.8 Å². The molecular formula is C11H14ClN. The number of rotatable bonds is 0. The summed E-state index contributed by atoms with van der Waals surface area (Å²) >= 11 is 0. The van der Waals surface area contributed by atoms with Gasteiger partial charge in [-0.05, 0) is 36.3 Å². The lowest BCUT2D eigenvalue weighted by Gasteiger charge is -2.26. The van der Waals surface area contributed by atoms with Crippen molar-refractivity contribution < 1.29 is 0 Å². The lowest BCUT2D eigenvalue weighted by molar-refractivity contribution is 0.622. The Morgan fingerprint density at radius 2 is 1.85 bits per heavy atom. The van der Waals surface area contributed by atoms with Gasteiger partial charge in [-0.25, -0.2) is 0 Å². The zero-order chi connectivity index (χ0) is 8.02. The van der Waals surface area contributed by atoms with E-state index in [1.165, 1.54) is 24.9 Å². The average Bonchev–Trinajstić information content (AvgIpc) is 2.87. The molecule has 70 valence electrons. The highest BCUT2D eigenvalue weighted by molar-refractivity contribution is 5.85. The van der Waals surface area contributed by atoms with Crippen LogP contribution in [0.15, 0.2) is 24.3 Å². The first-order valence-corrected chi connectivity index (χ1v) is 4.74. The SMILES string of the molecule is Cl.c1ccc2c(c1)NCCC21CC1. The molecule has 0 amide bonds. The molecule has 1 aromatic rings. The molecule has 1 aliphatic carbocycles. The van der Waals surface area contributed by atoms with Crippen LogP contribution in [0.25, 0.3) is 0 Å². The van der Waals surface area contributed by atoms with E-state index in [1.54, 1.807) is 5.56 Å². The van der Waals surface area contributed by atoms with Gasteiger partial charge in [-0.15, -0.1) is 12.4 Å². The van der Waals surface area contributed by atoms with Crippen LogP contribution in [0, 0.1) is 0 Å². The third-order valence-electron chi connectivity index (χ3n) is 3.27. The van der Waals surface area contributed by atoms with Crippen LogP contribution in [0.5, 0.6) is 0 Å². The predicted molar refractivity (Wildman–Crippen MR) is 57.7 cm³/mol. The molecule has 1 saturated carbocycles. The Hall–Kier alpha value is -0.690. The third kappa shape index (κ3) is 1.22. The number of para-hydroxylation sites is 1. The molecule has 1 fully saturated rings. The second kappa shape index (κ2) is 2.91. The molecule has 2 heteroatoms. The molecule has 1 aromatic carbocycles. The Labute approximate surface area is 84.9 Å². The van der Waals surface area contributed by atoms with Gasteiger partial charge >= 0.3 is 0 Å². The van der Waals surface area contributed by atoms with Gasteiger partial charge in [0.25, 0.3) is 0 Å². The minimum absolute atomic E-state index is 0. The minimum atomic E-state index is 0. The van der Waals surface area contributed by atoms with Gasteiger partial charge in [-0.1, -0.05) is 18.2 Å². The summed E-state index contributed by atoms with van der Waals surface area (Å²) in [6, 6.07) is 8.77. The Morgan fingerprint density at radius 3 is 2.62 bits per heavy atom. The van der Waals surface area contributed by atoms with E-state index in [9.17, 15) is 0 Å². The second-order valence-corrected chi connectivity index (χ2v) is 4.00. The van der Waals surface area contributed by atoms with Crippen LogP contribution < -0.4 is 5.32 Å². The standard InChI is InChI=1S/C11H13N.ClH/c1-2-4-10-9(3-1)11(5-6-11)7-8-12-10;/h1-4,12H,5-8H2;1H. The zero-order valence-electron chi connectivity index (χ0n) is 7.55. The fourth-order valence-electron chi connectivity index (χ4n) is 2.34. The molecule has 1 heterocycles. The van der Waals surface area contributed by atoms with Crippen molar-refractivity contribution in [2.45, 2.75) is 24.7 Å². The maximum Gasteiger partial charge on any atom is 0.0378 e. The first-order valence-electron chi connectivity index (χ1n) is 4.74. The highest BCUT2D eigenvalue weighted by Gasteiger charge is 2.46. The van der Waals surface area contributed by atoms with E-state index in [-0.39, 0.29) is 12.4 Å². The maximum absolute atomic E-state index is 3.46.